The summed E-state index contributed by atoms with van der Waals surface area (Å²) in [5.41, 5.74) is 2.57. The maximum atomic E-state index is 10.7. The van der Waals surface area contributed by atoms with Crippen LogP contribution in [0.25, 0.3) is 11.0 Å². The third-order valence-electron chi connectivity index (χ3n) is 5.41. The second kappa shape index (κ2) is 8.49. The van der Waals surface area contributed by atoms with Gasteiger partial charge in [0.05, 0.1) is 27.7 Å². The number of aromatic nitrogens is 2. The minimum Gasteiger partial charge on any atom is -0.394 e. The molecule has 0 spiro atoms. The molecule has 0 amide bonds. The lowest BCUT2D eigenvalue weighted by Gasteiger charge is -2.30. The Kier molecular flexibility index (Phi) is 5.83. The molecule has 2 aromatic carbocycles. The Hall–Kier alpha value is -1.85. The van der Waals surface area contributed by atoms with Crippen LogP contribution in [0, 0.1) is 0 Å². The number of nitrogens with zero attached hydrogens (tertiary/aromatic N) is 4. The van der Waals surface area contributed by atoms with Crippen LogP contribution in [-0.2, 0) is 10.5 Å². The zero-order chi connectivity index (χ0) is 22.5. The molecular weight excluding hydrogens is 475 g/mol. The van der Waals surface area contributed by atoms with Crippen LogP contribution in [0.15, 0.2) is 52.4 Å². The summed E-state index contributed by atoms with van der Waals surface area (Å²) in [6.45, 7) is -0.446. The molecule has 11 heteroatoms. The Morgan fingerprint density at radius 3 is 2.06 bits per heavy atom. The zero-order valence-electron chi connectivity index (χ0n) is 16.5. The van der Waals surface area contributed by atoms with Gasteiger partial charge in [-0.15, -0.1) is 11.8 Å². The molecule has 32 heavy (non-hydrogen) atoms. The van der Waals surface area contributed by atoms with Crippen molar-refractivity contribution in [1.29, 1.82) is 0 Å². The van der Waals surface area contributed by atoms with Crippen LogP contribution < -0.4 is 11.0 Å². The third-order valence-corrected chi connectivity index (χ3v) is 7.45. The van der Waals surface area contributed by atoms with E-state index in [2.05, 4.69) is 9.97 Å². The van der Waals surface area contributed by atoms with E-state index in [1.807, 2.05) is 30.3 Å². The van der Waals surface area contributed by atoms with Crippen molar-refractivity contribution < 1.29 is 20.1 Å². The van der Waals surface area contributed by atoms with Crippen molar-refractivity contribution in [2.75, 3.05) is 6.61 Å². The van der Waals surface area contributed by atoms with Gasteiger partial charge in [0.1, 0.15) is 24.4 Å². The van der Waals surface area contributed by atoms with Crippen LogP contribution in [0.1, 0.15) is 5.56 Å². The van der Waals surface area contributed by atoms with Crippen molar-refractivity contribution in [3.8, 4) is 0 Å². The largest absolute Gasteiger partial charge is 0.394 e. The number of halogens is 2. The van der Waals surface area contributed by atoms with Gasteiger partial charge in [-0.25, -0.2) is 20.0 Å². The number of fused-ring (bicyclic) bond motifs is 2. The summed E-state index contributed by atoms with van der Waals surface area (Å²) < 4.78 is 5.82. The molecule has 0 aliphatic carbocycles. The summed E-state index contributed by atoms with van der Waals surface area (Å²) in [4.78, 5) is 17.1. The second-order valence-corrected chi connectivity index (χ2v) is 9.53. The molecule has 1 fully saturated rings. The molecule has 2 aliphatic heterocycles. The SMILES string of the molecule is OCC1OC(C2(SCc3ccccc3)N=c3nc4cc(Cl)c(Cl)cc4nc3=N2)C(O)C1O. The molecule has 4 unspecified atom stereocenters. The molecule has 8 nitrogen and oxygen atoms in total. The average molecular weight is 493 g/mol. The molecule has 166 valence electrons. The first-order valence-electron chi connectivity index (χ1n) is 9.83. The Morgan fingerprint density at radius 2 is 1.53 bits per heavy atom. The molecular formula is C21H18Cl2N4O4S. The van der Waals surface area contributed by atoms with E-state index >= 15 is 0 Å². The Labute approximate surface area is 196 Å². The van der Waals surface area contributed by atoms with Gasteiger partial charge in [0.15, 0.2) is 11.0 Å². The van der Waals surface area contributed by atoms with Gasteiger partial charge in [-0.2, -0.15) is 0 Å². The lowest BCUT2D eigenvalue weighted by atomic mass is 10.1. The van der Waals surface area contributed by atoms with Crippen LogP contribution in [0.2, 0.25) is 10.0 Å². The van der Waals surface area contributed by atoms with Crippen LogP contribution in [-0.4, -0.2) is 61.3 Å². The summed E-state index contributed by atoms with van der Waals surface area (Å²) in [5.74, 6) is 0.505. The summed E-state index contributed by atoms with van der Waals surface area (Å²) in [5, 5.41) is 31.3. The standard InChI is InChI=1S/C21H18Cl2N4O4S/c22-11-6-13-14(7-12(11)23)25-20-19(24-13)26-21(27-20,32-9-10-4-2-1-3-5-10)18-17(30)16(29)15(8-28)31-18/h1-7,15-18,28-30H,8-9H2. The first kappa shape index (κ1) is 22.0. The van der Waals surface area contributed by atoms with E-state index in [0.717, 1.165) is 5.56 Å². The Bertz CT molecular complexity index is 1240. The minimum absolute atomic E-state index is 0.272. The van der Waals surface area contributed by atoms with Crippen LogP contribution in [0.4, 0.5) is 0 Å². The van der Waals surface area contributed by atoms with Gasteiger partial charge in [0.2, 0.25) is 4.99 Å². The van der Waals surface area contributed by atoms with Gasteiger partial charge in [0, 0.05) is 5.75 Å². The second-order valence-electron chi connectivity index (χ2n) is 7.54. The molecule has 2 aliphatic rings. The van der Waals surface area contributed by atoms with Crippen LogP contribution in [0.3, 0.4) is 0 Å². The Morgan fingerprint density at radius 1 is 0.938 bits per heavy atom. The predicted octanol–water partition coefficient (Wildman–Crippen LogP) is 1.26. The first-order valence-corrected chi connectivity index (χ1v) is 11.6. The maximum absolute atomic E-state index is 10.7. The van der Waals surface area contributed by atoms with Gasteiger partial charge in [-0.05, 0) is 17.7 Å². The van der Waals surface area contributed by atoms with Crippen molar-refractivity contribution in [2.24, 2.45) is 9.98 Å². The van der Waals surface area contributed by atoms with Gasteiger partial charge in [-0.3, -0.25) is 0 Å². The number of ether oxygens (including phenoxy) is 1. The number of aliphatic hydroxyl groups excluding tert-OH is 3. The summed E-state index contributed by atoms with van der Waals surface area (Å²) >= 11 is 13.6. The van der Waals surface area contributed by atoms with E-state index < -0.39 is 36.0 Å². The molecule has 3 heterocycles. The van der Waals surface area contributed by atoms with Gasteiger partial charge in [-0.1, -0.05) is 53.5 Å². The number of aliphatic hydroxyl groups is 3. The van der Waals surface area contributed by atoms with Crippen LogP contribution >= 0.6 is 35.0 Å². The zero-order valence-corrected chi connectivity index (χ0v) is 18.8. The minimum atomic E-state index is -1.35. The average Bonchev–Trinajstić information content (AvgIpc) is 3.30. The Balaban J connectivity index is 1.62. The summed E-state index contributed by atoms with van der Waals surface area (Å²) in [6.07, 6.45) is -4.55. The van der Waals surface area contributed by atoms with Crippen molar-refractivity contribution in [2.45, 2.75) is 35.2 Å². The van der Waals surface area contributed by atoms with E-state index in [1.165, 1.54) is 11.8 Å². The fourth-order valence-corrected chi connectivity index (χ4v) is 5.31. The van der Waals surface area contributed by atoms with E-state index in [9.17, 15) is 15.3 Å². The molecule has 3 N–H and O–H groups in total. The smallest absolute Gasteiger partial charge is 0.230 e. The number of thioether (sulfide) groups is 1. The van der Waals surface area contributed by atoms with Gasteiger partial charge < -0.3 is 20.1 Å². The molecule has 0 bridgehead atoms. The van der Waals surface area contributed by atoms with Crippen molar-refractivity contribution >= 4 is 46.0 Å². The highest BCUT2D eigenvalue weighted by Gasteiger charge is 2.55. The van der Waals surface area contributed by atoms with E-state index in [4.69, 9.17) is 37.9 Å². The summed E-state index contributed by atoms with van der Waals surface area (Å²) in [6, 6.07) is 12.9. The quantitative estimate of drug-likeness (QED) is 0.490. The molecule has 4 atom stereocenters. The molecule has 3 aromatic rings. The van der Waals surface area contributed by atoms with E-state index in [1.54, 1.807) is 12.1 Å². The summed E-state index contributed by atoms with van der Waals surface area (Å²) in [7, 11) is 0. The molecule has 5 rings (SSSR count). The van der Waals surface area contributed by atoms with E-state index in [0.29, 0.717) is 26.8 Å². The highest BCUT2D eigenvalue weighted by atomic mass is 35.5. The highest BCUT2D eigenvalue weighted by Crippen LogP contribution is 2.42. The van der Waals surface area contributed by atoms with Crippen molar-refractivity contribution in [1.82, 2.24) is 9.97 Å². The number of hydrogen-bond donors (Lipinski definition) is 3. The molecule has 1 aromatic heterocycles. The predicted molar refractivity (Wildman–Crippen MR) is 120 cm³/mol. The lowest BCUT2D eigenvalue weighted by Crippen LogP contribution is -2.44. The number of rotatable bonds is 5. The fourth-order valence-electron chi connectivity index (χ4n) is 3.76. The lowest BCUT2D eigenvalue weighted by molar-refractivity contribution is -0.0332. The monoisotopic (exact) mass is 492 g/mol. The topological polar surface area (TPSA) is 120 Å². The first-order chi connectivity index (χ1) is 15.4. The molecule has 0 saturated carbocycles. The maximum Gasteiger partial charge on any atom is 0.230 e. The number of hydrogen-bond acceptors (Lipinski definition) is 9. The van der Waals surface area contributed by atoms with E-state index in [-0.39, 0.29) is 11.0 Å². The fraction of sp³-hybridized carbons (Fsp3) is 0.333. The van der Waals surface area contributed by atoms with Gasteiger partial charge >= 0.3 is 0 Å². The highest BCUT2D eigenvalue weighted by molar-refractivity contribution is 7.99. The number of benzene rings is 2. The normalized spacial score (nSPS) is 26.0. The van der Waals surface area contributed by atoms with Crippen molar-refractivity contribution in [3.05, 3.63) is 69.0 Å². The third kappa shape index (κ3) is 3.77. The van der Waals surface area contributed by atoms with Gasteiger partial charge in [0.25, 0.3) is 0 Å². The molecule has 0 radical (unpaired) electrons. The molecule has 1 saturated heterocycles. The van der Waals surface area contributed by atoms with Crippen LogP contribution in [0.5, 0.6) is 0 Å². The van der Waals surface area contributed by atoms with Crippen molar-refractivity contribution in [3.63, 3.8) is 0 Å².